The lowest BCUT2D eigenvalue weighted by atomic mass is 9.51. The first-order chi connectivity index (χ1) is 19.5. The minimum absolute atomic E-state index is 0.130. The number of fused-ring (bicyclic) bond motifs is 3. The monoisotopic (exact) mass is 614 g/mol. The molecule has 1 spiro atoms. The molecule has 2 aliphatic carbocycles. The second-order valence-corrected chi connectivity index (χ2v) is 11.7. The molecule has 42 heavy (non-hydrogen) atoms. The van der Waals surface area contributed by atoms with Crippen molar-refractivity contribution < 1.29 is 62.6 Å². The van der Waals surface area contributed by atoms with Gasteiger partial charge in [-0.2, -0.15) is 0 Å². The van der Waals surface area contributed by atoms with Crippen LogP contribution in [0.3, 0.4) is 0 Å². The lowest BCUT2D eigenvalue weighted by Gasteiger charge is -2.58. The number of epoxide rings is 1. The molecule has 0 aromatic carbocycles. The van der Waals surface area contributed by atoms with Gasteiger partial charge >= 0.3 is 29.8 Å². The molecule has 0 radical (unpaired) electrons. The molecular formula is C28H35ClO13. The molecule has 0 bridgehead atoms. The molecule has 8 unspecified atom stereocenters. The fourth-order valence-electron chi connectivity index (χ4n) is 6.77. The third-order valence-electron chi connectivity index (χ3n) is 8.70. The third-order valence-corrected chi connectivity index (χ3v) is 9.01. The van der Waals surface area contributed by atoms with E-state index in [1.165, 1.54) is 32.1 Å². The van der Waals surface area contributed by atoms with Crippen molar-refractivity contribution in [3.05, 3.63) is 23.8 Å². The topological polar surface area (TPSA) is 184 Å². The van der Waals surface area contributed by atoms with Crippen LogP contribution in [-0.2, 0) is 52.4 Å². The fraction of sp³-hybridized carbons (Fsp3) is 0.679. The maximum Gasteiger partial charge on any atom is 0.312 e. The Morgan fingerprint density at radius 1 is 1.00 bits per heavy atom. The number of rotatable bonds is 5. The zero-order valence-corrected chi connectivity index (χ0v) is 24.8. The van der Waals surface area contributed by atoms with Gasteiger partial charge in [0.05, 0.1) is 17.9 Å². The number of aliphatic hydroxyl groups excluding tert-OH is 1. The molecule has 0 aromatic heterocycles. The van der Waals surface area contributed by atoms with E-state index in [-0.39, 0.29) is 12.5 Å². The van der Waals surface area contributed by atoms with Gasteiger partial charge in [0.2, 0.25) is 0 Å². The molecular weight excluding hydrogens is 580 g/mol. The molecule has 232 valence electrons. The van der Waals surface area contributed by atoms with E-state index in [2.05, 4.69) is 0 Å². The molecule has 1 saturated carbocycles. The van der Waals surface area contributed by atoms with E-state index in [9.17, 15) is 34.2 Å². The van der Waals surface area contributed by atoms with Crippen molar-refractivity contribution >= 4 is 41.4 Å². The van der Waals surface area contributed by atoms with Crippen LogP contribution in [0.4, 0.5) is 0 Å². The predicted octanol–water partition coefficient (Wildman–Crippen LogP) is 0.507. The van der Waals surface area contributed by atoms with Crippen molar-refractivity contribution in [2.24, 2.45) is 17.3 Å². The number of carbonyl (C=O) groups is 5. The van der Waals surface area contributed by atoms with Crippen LogP contribution in [0.1, 0.15) is 41.5 Å². The smallest absolute Gasteiger partial charge is 0.312 e. The Balaban J connectivity index is 2.12. The molecule has 2 aliphatic heterocycles. The summed E-state index contributed by atoms with van der Waals surface area (Å²) in [6.07, 6.45) is -4.86. The molecule has 0 aromatic rings. The van der Waals surface area contributed by atoms with E-state index in [1.54, 1.807) is 0 Å². The highest BCUT2D eigenvalue weighted by Gasteiger charge is 2.80. The van der Waals surface area contributed by atoms with Crippen LogP contribution < -0.4 is 0 Å². The number of esters is 5. The van der Waals surface area contributed by atoms with Crippen LogP contribution in [0.15, 0.2) is 23.8 Å². The highest BCUT2D eigenvalue weighted by Crippen LogP contribution is 2.62. The van der Waals surface area contributed by atoms with Gasteiger partial charge < -0.3 is 38.6 Å². The van der Waals surface area contributed by atoms with Crippen molar-refractivity contribution in [2.45, 2.75) is 89.4 Å². The van der Waals surface area contributed by atoms with Crippen molar-refractivity contribution in [3.8, 4) is 0 Å². The molecule has 2 saturated heterocycles. The highest BCUT2D eigenvalue weighted by atomic mass is 35.5. The van der Waals surface area contributed by atoms with Gasteiger partial charge in [-0.25, -0.2) is 0 Å². The van der Waals surface area contributed by atoms with E-state index in [0.717, 1.165) is 27.7 Å². The van der Waals surface area contributed by atoms with Gasteiger partial charge in [0.15, 0.2) is 23.9 Å². The molecule has 2 N–H and O–H groups in total. The molecule has 0 amide bonds. The lowest BCUT2D eigenvalue weighted by molar-refractivity contribution is -0.276. The Morgan fingerprint density at radius 3 is 2.05 bits per heavy atom. The molecule has 2 heterocycles. The summed E-state index contributed by atoms with van der Waals surface area (Å²) in [5.41, 5.74) is -5.39. The summed E-state index contributed by atoms with van der Waals surface area (Å²) in [7, 11) is 0. The molecule has 3 fully saturated rings. The van der Waals surface area contributed by atoms with E-state index < -0.39 is 94.9 Å². The number of aliphatic hydroxyl groups is 2. The van der Waals surface area contributed by atoms with Crippen molar-refractivity contribution in [1.82, 2.24) is 0 Å². The number of carbonyl (C=O) groups excluding carboxylic acids is 5. The summed E-state index contributed by atoms with van der Waals surface area (Å²) in [6.45, 7) is 7.15. The van der Waals surface area contributed by atoms with Gasteiger partial charge in [-0.1, -0.05) is 13.0 Å². The first-order valence-corrected chi connectivity index (χ1v) is 14.0. The number of halogens is 1. The van der Waals surface area contributed by atoms with E-state index >= 15 is 0 Å². The van der Waals surface area contributed by atoms with Gasteiger partial charge in [0.25, 0.3) is 0 Å². The van der Waals surface area contributed by atoms with Gasteiger partial charge in [-0.05, 0) is 24.6 Å². The van der Waals surface area contributed by atoms with Crippen LogP contribution in [-0.4, -0.2) is 100 Å². The zero-order valence-electron chi connectivity index (χ0n) is 24.0. The Kier molecular flexibility index (Phi) is 8.55. The van der Waals surface area contributed by atoms with E-state index in [1.807, 2.05) is 0 Å². The van der Waals surface area contributed by atoms with Crippen molar-refractivity contribution in [1.29, 1.82) is 0 Å². The predicted molar refractivity (Wildman–Crippen MR) is 140 cm³/mol. The number of alkyl halides is 1. The fourth-order valence-corrected chi connectivity index (χ4v) is 6.95. The summed E-state index contributed by atoms with van der Waals surface area (Å²) in [5, 5.41) is 24.2. The standard InChI is InChI=1S/C28H35ClO13/c1-12-25(35)42-19-9-17(10-29)7-8-18(38-13(2)30)26(6)21(24(28(12,19)36)41-16(5)33)27(11-37-27)22(34)20(39-14(3)31)23(26)40-15(4)32/h7-9,12,18-24,34,36H,10-11H2,1-6H3/b8-7-,17-9+/t12?,18?,19?,20?,21?,22?,23?,24?,26-,27+,28-/m1/s1. The molecule has 11 atom stereocenters. The van der Waals surface area contributed by atoms with Gasteiger partial charge in [0.1, 0.15) is 23.9 Å². The quantitative estimate of drug-likeness (QED) is 0.189. The maximum atomic E-state index is 13.0. The maximum absolute atomic E-state index is 13.0. The van der Waals surface area contributed by atoms with Crippen LogP contribution in [0.5, 0.6) is 0 Å². The Bertz CT molecular complexity index is 1220. The minimum atomic E-state index is -2.29. The second-order valence-electron chi connectivity index (χ2n) is 11.4. The summed E-state index contributed by atoms with van der Waals surface area (Å²) in [4.78, 5) is 62.9. The SMILES string of the molecule is CC(=O)OC1C(O)[C@]2(CO2)C2C(OC(C)=O)[C@]3(O)C(/C=C(CCl)\C=C/C(OC(C)=O)[C@@]2(C)C1OC(C)=O)OC(=O)C3C. The normalized spacial score (nSPS) is 44.3. The van der Waals surface area contributed by atoms with Gasteiger partial charge in [-0.3, -0.25) is 24.0 Å². The first-order valence-electron chi connectivity index (χ1n) is 13.4. The third kappa shape index (κ3) is 5.10. The van der Waals surface area contributed by atoms with Crippen molar-refractivity contribution in [2.75, 3.05) is 12.5 Å². The zero-order chi connectivity index (χ0) is 31.4. The minimum Gasteiger partial charge on any atom is -0.459 e. The average Bonchev–Trinajstić information content (AvgIpc) is 3.64. The lowest BCUT2D eigenvalue weighted by Crippen LogP contribution is -2.75. The molecule has 4 aliphatic rings. The van der Waals surface area contributed by atoms with Gasteiger partial charge in [0, 0.05) is 39.5 Å². The highest BCUT2D eigenvalue weighted by molar-refractivity contribution is 6.19. The van der Waals surface area contributed by atoms with Crippen LogP contribution in [0.2, 0.25) is 0 Å². The number of ether oxygens (including phenoxy) is 6. The number of hydrogen-bond donors (Lipinski definition) is 2. The Hall–Kier alpha value is -3.00. The first kappa shape index (κ1) is 31.9. The molecule has 4 rings (SSSR count). The number of allylic oxidation sites excluding steroid dienone is 2. The summed E-state index contributed by atoms with van der Waals surface area (Å²) < 4.78 is 34.2. The van der Waals surface area contributed by atoms with Crippen LogP contribution in [0.25, 0.3) is 0 Å². The molecule has 14 heteroatoms. The van der Waals surface area contributed by atoms with E-state index in [4.69, 9.17) is 40.0 Å². The largest absolute Gasteiger partial charge is 0.459 e. The Labute approximate surface area is 247 Å². The van der Waals surface area contributed by atoms with Crippen molar-refractivity contribution in [3.63, 3.8) is 0 Å². The second kappa shape index (κ2) is 11.3. The Morgan fingerprint density at radius 2 is 1.55 bits per heavy atom. The molecule has 13 nitrogen and oxygen atoms in total. The van der Waals surface area contributed by atoms with Gasteiger partial charge in [-0.15, -0.1) is 11.6 Å². The van der Waals surface area contributed by atoms with Crippen LogP contribution in [0, 0.1) is 17.3 Å². The summed E-state index contributed by atoms with van der Waals surface area (Å²) >= 11 is 6.19. The summed E-state index contributed by atoms with van der Waals surface area (Å²) in [6, 6.07) is 0. The average molecular weight is 615 g/mol. The van der Waals surface area contributed by atoms with E-state index in [0.29, 0.717) is 5.57 Å². The number of hydrogen-bond acceptors (Lipinski definition) is 13. The van der Waals surface area contributed by atoms with Crippen LogP contribution >= 0.6 is 11.6 Å². The summed E-state index contributed by atoms with van der Waals surface area (Å²) in [5.74, 6) is -6.86.